The zero-order chi connectivity index (χ0) is 15.4. The van der Waals surface area contributed by atoms with Crippen LogP contribution in [0.5, 0.6) is 0 Å². The molecule has 0 aromatic carbocycles. The van der Waals surface area contributed by atoms with Crippen LogP contribution in [0.2, 0.25) is 5.02 Å². The van der Waals surface area contributed by atoms with Crippen LogP contribution in [0.15, 0.2) is 11.0 Å². The molecule has 118 valence electrons. The van der Waals surface area contributed by atoms with Gasteiger partial charge in [0.1, 0.15) is 5.02 Å². The van der Waals surface area contributed by atoms with Crippen LogP contribution in [-0.4, -0.2) is 28.9 Å². The number of nitrogens with two attached hydrogens (primary N) is 1. The summed E-state index contributed by atoms with van der Waals surface area (Å²) in [5, 5.41) is 4.57. The molecule has 1 aromatic heterocycles. The van der Waals surface area contributed by atoms with E-state index in [1.807, 2.05) is 0 Å². The Morgan fingerprint density at radius 2 is 2.24 bits per heavy atom. The summed E-state index contributed by atoms with van der Waals surface area (Å²) in [5.74, 6) is 0.458. The Hall–Kier alpha value is -1.07. The van der Waals surface area contributed by atoms with Crippen molar-refractivity contribution in [1.29, 1.82) is 0 Å². The fourth-order valence-electron chi connectivity index (χ4n) is 2.83. The van der Waals surface area contributed by atoms with Crippen LogP contribution in [0.3, 0.4) is 0 Å². The predicted octanol–water partition coefficient (Wildman–Crippen LogP) is 2.26. The molecule has 1 aromatic rings. The SMILES string of the molecule is CCCCn1ncc(N2CC(CN)CCC2C)c(Cl)c1=O. The van der Waals surface area contributed by atoms with E-state index in [1.54, 1.807) is 6.20 Å². The Balaban J connectivity index is 2.27. The molecule has 2 unspecified atom stereocenters. The maximum absolute atomic E-state index is 12.3. The Morgan fingerprint density at radius 3 is 2.90 bits per heavy atom. The monoisotopic (exact) mass is 312 g/mol. The Bertz CT molecular complexity index is 531. The second-order valence-corrected chi connectivity index (χ2v) is 6.28. The van der Waals surface area contributed by atoms with Gasteiger partial charge in [0, 0.05) is 19.1 Å². The molecule has 1 saturated heterocycles. The first kappa shape index (κ1) is 16.3. The number of rotatable bonds is 5. The number of hydrogen-bond donors (Lipinski definition) is 1. The molecule has 2 N–H and O–H groups in total. The fraction of sp³-hybridized carbons (Fsp3) is 0.733. The average Bonchev–Trinajstić information content (AvgIpc) is 2.50. The molecule has 21 heavy (non-hydrogen) atoms. The summed E-state index contributed by atoms with van der Waals surface area (Å²) in [5.41, 5.74) is 6.35. The fourth-order valence-corrected chi connectivity index (χ4v) is 3.09. The molecule has 0 radical (unpaired) electrons. The zero-order valence-corrected chi connectivity index (χ0v) is 13.6. The van der Waals surface area contributed by atoms with Crippen molar-refractivity contribution in [2.45, 2.75) is 52.1 Å². The molecular weight excluding hydrogens is 288 g/mol. The molecule has 1 aliphatic heterocycles. The molecule has 0 aliphatic carbocycles. The van der Waals surface area contributed by atoms with E-state index < -0.39 is 0 Å². The number of hydrogen-bond acceptors (Lipinski definition) is 4. The van der Waals surface area contributed by atoms with E-state index in [0.29, 0.717) is 25.0 Å². The smallest absolute Gasteiger partial charge is 0.287 e. The standard InChI is InChI=1S/C15H25ClN4O/c1-3-4-7-20-15(21)14(16)13(9-18-20)19-10-12(8-17)6-5-11(19)2/h9,11-12H,3-8,10,17H2,1-2H3. The lowest BCUT2D eigenvalue weighted by atomic mass is 9.93. The van der Waals surface area contributed by atoms with Gasteiger partial charge < -0.3 is 10.6 Å². The Kier molecular flexibility index (Phi) is 5.65. The van der Waals surface area contributed by atoms with E-state index in [9.17, 15) is 4.79 Å². The summed E-state index contributed by atoms with van der Waals surface area (Å²) in [6.45, 7) is 6.38. The van der Waals surface area contributed by atoms with Crippen molar-refractivity contribution in [3.8, 4) is 0 Å². The van der Waals surface area contributed by atoms with E-state index in [-0.39, 0.29) is 10.6 Å². The number of aromatic nitrogens is 2. The van der Waals surface area contributed by atoms with Crippen molar-refractivity contribution >= 4 is 17.3 Å². The van der Waals surface area contributed by atoms with Crippen LogP contribution >= 0.6 is 11.6 Å². The quantitative estimate of drug-likeness (QED) is 0.906. The third-order valence-electron chi connectivity index (χ3n) is 4.31. The lowest BCUT2D eigenvalue weighted by Crippen LogP contribution is -2.45. The molecule has 6 heteroatoms. The minimum atomic E-state index is -0.190. The van der Waals surface area contributed by atoms with Crippen LogP contribution in [0.25, 0.3) is 0 Å². The maximum Gasteiger partial charge on any atom is 0.287 e. The number of nitrogens with zero attached hydrogens (tertiary/aromatic N) is 3. The third kappa shape index (κ3) is 3.58. The highest BCUT2D eigenvalue weighted by Gasteiger charge is 2.27. The first-order valence-corrected chi connectivity index (χ1v) is 8.18. The maximum atomic E-state index is 12.3. The molecular formula is C15H25ClN4O. The van der Waals surface area contributed by atoms with Crippen molar-refractivity contribution in [2.24, 2.45) is 11.7 Å². The molecule has 0 bridgehead atoms. The van der Waals surface area contributed by atoms with Gasteiger partial charge in [-0.2, -0.15) is 5.10 Å². The summed E-state index contributed by atoms with van der Waals surface area (Å²) < 4.78 is 1.46. The topological polar surface area (TPSA) is 64.2 Å². The van der Waals surface area contributed by atoms with Gasteiger partial charge in [-0.25, -0.2) is 4.68 Å². The molecule has 5 nitrogen and oxygen atoms in total. The number of halogens is 1. The van der Waals surface area contributed by atoms with Crippen LogP contribution < -0.4 is 16.2 Å². The van der Waals surface area contributed by atoms with E-state index >= 15 is 0 Å². The van der Waals surface area contributed by atoms with Crippen molar-refractivity contribution < 1.29 is 0 Å². The highest BCUT2D eigenvalue weighted by atomic mass is 35.5. The number of piperidine rings is 1. The van der Waals surface area contributed by atoms with Crippen molar-refractivity contribution in [3.63, 3.8) is 0 Å². The third-order valence-corrected chi connectivity index (χ3v) is 4.67. The molecule has 1 aliphatic rings. The second-order valence-electron chi connectivity index (χ2n) is 5.91. The van der Waals surface area contributed by atoms with Crippen LogP contribution in [0, 0.1) is 5.92 Å². The van der Waals surface area contributed by atoms with Crippen LogP contribution in [0.1, 0.15) is 39.5 Å². The van der Waals surface area contributed by atoms with Gasteiger partial charge in [0.25, 0.3) is 5.56 Å². The Morgan fingerprint density at radius 1 is 1.48 bits per heavy atom. The van der Waals surface area contributed by atoms with Gasteiger partial charge in [0.15, 0.2) is 0 Å². The molecule has 0 saturated carbocycles. The minimum absolute atomic E-state index is 0.190. The average molecular weight is 313 g/mol. The van der Waals surface area contributed by atoms with E-state index in [2.05, 4.69) is 23.8 Å². The lowest BCUT2D eigenvalue weighted by molar-refractivity contribution is 0.373. The molecule has 0 amide bonds. The van der Waals surface area contributed by atoms with Gasteiger partial charge in [0.2, 0.25) is 0 Å². The van der Waals surface area contributed by atoms with Gasteiger partial charge in [-0.05, 0) is 38.6 Å². The van der Waals surface area contributed by atoms with Gasteiger partial charge in [-0.3, -0.25) is 4.79 Å². The molecule has 0 spiro atoms. The number of anilines is 1. The molecule has 1 fully saturated rings. The summed E-state index contributed by atoms with van der Waals surface area (Å²) >= 11 is 6.32. The Labute approximate surface area is 131 Å². The largest absolute Gasteiger partial charge is 0.366 e. The summed E-state index contributed by atoms with van der Waals surface area (Å²) in [6.07, 6.45) is 5.88. The van der Waals surface area contributed by atoms with Crippen molar-refractivity contribution in [3.05, 3.63) is 21.6 Å². The molecule has 2 rings (SSSR count). The first-order chi connectivity index (χ1) is 10.1. The second kappa shape index (κ2) is 7.27. The van der Waals surface area contributed by atoms with Crippen LogP contribution in [-0.2, 0) is 6.54 Å². The summed E-state index contributed by atoms with van der Waals surface area (Å²) in [7, 11) is 0. The van der Waals surface area contributed by atoms with E-state index in [4.69, 9.17) is 17.3 Å². The summed E-state index contributed by atoms with van der Waals surface area (Å²) in [4.78, 5) is 14.5. The minimum Gasteiger partial charge on any atom is -0.366 e. The lowest BCUT2D eigenvalue weighted by Gasteiger charge is -2.39. The highest BCUT2D eigenvalue weighted by Crippen LogP contribution is 2.30. The van der Waals surface area contributed by atoms with Gasteiger partial charge in [-0.1, -0.05) is 24.9 Å². The van der Waals surface area contributed by atoms with Gasteiger partial charge in [-0.15, -0.1) is 0 Å². The van der Waals surface area contributed by atoms with E-state index in [0.717, 1.165) is 37.9 Å². The normalized spacial score (nSPS) is 22.6. The van der Waals surface area contributed by atoms with Crippen LogP contribution in [0.4, 0.5) is 5.69 Å². The number of aryl methyl sites for hydroxylation is 1. The number of unbranched alkanes of at least 4 members (excludes halogenated alkanes) is 1. The van der Waals surface area contributed by atoms with Gasteiger partial charge >= 0.3 is 0 Å². The first-order valence-electron chi connectivity index (χ1n) is 7.80. The molecule has 2 heterocycles. The van der Waals surface area contributed by atoms with Crippen molar-refractivity contribution in [2.75, 3.05) is 18.0 Å². The predicted molar refractivity (Wildman–Crippen MR) is 87.0 cm³/mol. The van der Waals surface area contributed by atoms with Crippen molar-refractivity contribution in [1.82, 2.24) is 9.78 Å². The van der Waals surface area contributed by atoms with Gasteiger partial charge in [0.05, 0.1) is 11.9 Å². The van der Waals surface area contributed by atoms with E-state index in [1.165, 1.54) is 4.68 Å². The zero-order valence-electron chi connectivity index (χ0n) is 12.9. The summed E-state index contributed by atoms with van der Waals surface area (Å²) in [6, 6.07) is 0.359. The molecule has 2 atom stereocenters. The highest BCUT2D eigenvalue weighted by molar-refractivity contribution is 6.33.